The van der Waals surface area contributed by atoms with E-state index >= 15 is 0 Å². The second kappa shape index (κ2) is 5.40. The number of aliphatic hydroxyl groups is 4. The van der Waals surface area contributed by atoms with Crippen LogP contribution in [0.1, 0.15) is 32.1 Å². The molecule has 18 heavy (non-hydrogen) atoms. The molecule has 1 saturated carbocycles. The normalized spacial score (nSPS) is 47.2. The molecule has 2 rings (SSSR count). The lowest BCUT2D eigenvalue weighted by molar-refractivity contribution is -0.390. The van der Waals surface area contributed by atoms with Crippen molar-refractivity contribution in [1.29, 1.82) is 0 Å². The van der Waals surface area contributed by atoms with Crippen LogP contribution in [-0.2, 0) is 9.84 Å². The van der Waals surface area contributed by atoms with Crippen LogP contribution in [0.15, 0.2) is 0 Å². The summed E-state index contributed by atoms with van der Waals surface area (Å²) in [7, 11) is 0. The van der Waals surface area contributed by atoms with Crippen molar-refractivity contribution in [2.24, 2.45) is 5.92 Å². The third kappa shape index (κ3) is 2.29. The number of aliphatic hydroxyl groups excluding tert-OH is 4. The third-order valence-corrected chi connectivity index (χ3v) is 4.16. The average molecular weight is 261 g/mol. The van der Waals surface area contributed by atoms with E-state index in [0.717, 1.165) is 19.3 Å². The fourth-order valence-electron chi connectivity index (χ4n) is 3.01. The van der Waals surface area contributed by atoms with Crippen LogP contribution in [0.3, 0.4) is 0 Å². The van der Waals surface area contributed by atoms with Crippen LogP contribution < -0.4 is 0 Å². The highest BCUT2D eigenvalue weighted by atomic mass is 16.7. The van der Waals surface area contributed by atoms with Crippen LogP contribution in [0.25, 0.3) is 0 Å². The Balaban J connectivity index is 2.18. The minimum atomic E-state index is -2.13. The van der Waals surface area contributed by atoms with E-state index < -0.39 is 42.7 Å². The van der Waals surface area contributed by atoms with Crippen molar-refractivity contribution in [2.45, 2.75) is 62.3 Å². The predicted octanol–water partition coefficient (Wildman–Crippen LogP) is -0.833. The Labute approximate surface area is 106 Å². The van der Waals surface area contributed by atoms with Gasteiger partial charge in [-0.15, -0.1) is 0 Å². The molecule has 1 heterocycles. The minimum Gasteiger partial charge on any atom is -0.394 e. The lowest BCUT2D eigenvalue weighted by Gasteiger charge is -2.48. The van der Waals surface area contributed by atoms with Crippen LogP contribution >= 0.6 is 0 Å². The Bertz CT molecular complexity index is 274. The second-order valence-corrected chi connectivity index (χ2v) is 5.32. The van der Waals surface area contributed by atoms with Gasteiger partial charge in [-0.1, -0.05) is 19.3 Å². The first-order valence-electron chi connectivity index (χ1n) is 6.54. The quantitative estimate of drug-likeness (QED) is 0.518. The molecule has 0 aromatic heterocycles. The van der Waals surface area contributed by atoms with Crippen LogP contribution in [0, 0.1) is 5.92 Å². The van der Waals surface area contributed by atoms with Crippen molar-refractivity contribution in [3.05, 3.63) is 0 Å². The van der Waals surface area contributed by atoms with Crippen molar-refractivity contribution in [2.75, 3.05) is 6.61 Å². The summed E-state index contributed by atoms with van der Waals surface area (Å²) in [5.74, 6) is -2.52. The van der Waals surface area contributed by atoms with E-state index in [1.807, 2.05) is 0 Å². The van der Waals surface area contributed by atoms with Gasteiger partial charge in [0.15, 0.2) is 0 Å². The van der Waals surface area contributed by atoms with Crippen molar-refractivity contribution in [3.8, 4) is 0 Å². The van der Waals surface area contributed by atoms with Gasteiger partial charge in [0.05, 0.1) is 6.61 Å². The zero-order chi connectivity index (χ0) is 13.3. The Morgan fingerprint density at radius 1 is 1.06 bits per heavy atom. The molecule has 1 radical (unpaired) electrons. The van der Waals surface area contributed by atoms with Gasteiger partial charge in [-0.05, 0) is 12.8 Å². The molecule has 1 saturated heterocycles. The zero-order valence-electron chi connectivity index (χ0n) is 10.2. The predicted molar refractivity (Wildman–Crippen MR) is 60.0 cm³/mol. The summed E-state index contributed by atoms with van der Waals surface area (Å²) in [4.78, 5) is 0. The number of ether oxygens (including phenoxy) is 1. The molecule has 0 bridgehead atoms. The maximum absolute atomic E-state index is 12.7. The minimum absolute atomic E-state index is 0.391. The number of hydrogen-bond donors (Lipinski definition) is 4. The molecule has 0 aromatic rings. The Morgan fingerprint density at radius 3 is 2.22 bits per heavy atom. The molecule has 105 valence electrons. The SMILES string of the molecule is [O]C1(C2CCCCC2)O[C@H](CO)[C@@H](O)[C@H](O)[C@H]1O. The summed E-state index contributed by atoms with van der Waals surface area (Å²) in [6.07, 6.45) is -1.69. The first kappa shape index (κ1) is 14.2. The average Bonchev–Trinajstić information content (AvgIpc) is 2.41. The van der Waals surface area contributed by atoms with Crippen molar-refractivity contribution in [1.82, 2.24) is 0 Å². The topological polar surface area (TPSA) is 110 Å². The highest BCUT2D eigenvalue weighted by Crippen LogP contribution is 2.41. The van der Waals surface area contributed by atoms with Gasteiger partial charge in [0.1, 0.15) is 24.4 Å². The van der Waals surface area contributed by atoms with Gasteiger partial charge < -0.3 is 25.2 Å². The Hall–Kier alpha value is -0.240. The third-order valence-electron chi connectivity index (χ3n) is 4.16. The number of hydrogen-bond acceptors (Lipinski definition) is 5. The Morgan fingerprint density at radius 2 is 1.67 bits per heavy atom. The molecule has 6 heteroatoms. The summed E-state index contributed by atoms with van der Waals surface area (Å²) in [6.45, 7) is -0.554. The molecule has 1 aliphatic carbocycles. The molecule has 0 spiro atoms. The summed E-state index contributed by atoms with van der Waals surface area (Å²) in [5, 5.41) is 51.0. The largest absolute Gasteiger partial charge is 0.394 e. The molecule has 2 fully saturated rings. The van der Waals surface area contributed by atoms with E-state index in [9.17, 15) is 20.4 Å². The summed E-state index contributed by atoms with van der Waals surface area (Å²) < 4.78 is 5.19. The second-order valence-electron chi connectivity index (χ2n) is 5.32. The van der Waals surface area contributed by atoms with E-state index in [-0.39, 0.29) is 0 Å². The Kier molecular flexibility index (Phi) is 4.25. The highest BCUT2D eigenvalue weighted by Gasteiger charge is 2.57. The van der Waals surface area contributed by atoms with Gasteiger partial charge in [0.2, 0.25) is 5.79 Å². The summed E-state index contributed by atoms with van der Waals surface area (Å²) >= 11 is 0. The molecule has 5 atom stereocenters. The fraction of sp³-hybridized carbons (Fsp3) is 1.00. The van der Waals surface area contributed by atoms with Crippen LogP contribution in [0.2, 0.25) is 0 Å². The molecular formula is C12H21O6. The molecule has 6 nitrogen and oxygen atoms in total. The van der Waals surface area contributed by atoms with E-state index in [4.69, 9.17) is 9.84 Å². The molecule has 1 unspecified atom stereocenters. The molecule has 0 amide bonds. The van der Waals surface area contributed by atoms with Crippen molar-refractivity contribution >= 4 is 0 Å². The monoisotopic (exact) mass is 261 g/mol. The maximum atomic E-state index is 12.7. The molecular weight excluding hydrogens is 240 g/mol. The van der Waals surface area contributed by atoms with E-state index in [0.29, 0.717) is 12.8 Å². The number of rotatable bonds is 2. The molecule has 2 aliphatic rings. The first-order valence-corrected chi connectivity index (χ1v) is 6.54. The van der Waals surface area contributed by atoms with Crippen LogP contribution in [-0.4, -0.2) is 57.2 Å². The summed E-state index contributed by atoms with van der Waals surface area (Å²) in [5.41, 5.74) is 0. The van der Waals surface area contributed by atoms with E-state index in [2.05, 4.69) is 0 Å². The summed E-state index contributed by atoms with van der Waals surface area (Å²) in [6, 6.07) is 0. The van der Waals surface area contributed by atoms with Crippen molar-refractivity contribution < 1.29 is 30.3 Å². The van der Waals surface area contributed by atoms with Crippen LogP contribution in [0.5, 0.6) is 0 Å². The first-order chi connectivity index (χ1) is 8.50. The lowest BCUT2D eigenvalue weighted by atomic mass is 9.77. The molecule has 0 aromatic carbocycles. The zero-order valence-corrected chi connectivity index (χ0v) is 10.2. The standard InChI is InChI=1S/C12H21O6/c13-6-8-9(14)10(15)11(16)12(17,18-8)7-4-2-1-3-5-7/h7-11,13-16H,1-6H2/t8-,9-,10+,11-,12?/m1/s1. The van der Waals surface area contributed by atoms with Gasteiger partial charge >= 0.3 is 0 Å². The van der Waals surface area contributed by atoms with Gasteiger partial charge in [-0.2, -0.15) is 5.11 Å². The van der Waals surface area contributed by atoms with Gasteiger partial charge in [-0.25, -0.2) is 0 Å². The molecule has 1 aliphatic heterocycles. The van der Waals surface area contributed by atoms with Gasteiger partial charge in [-0.3, -0.25) is 0 Å². The fourth-order valence-corrected chi connectivity index (χ4v) is 3.01. The lowest BCUT2D eigenvalue weighted by Crippen LogP contribution is -2.67. The molecule has 4 N–H and O–H groups in total. The van der Waals surface area contributed by atoms with Crippen molar-refractivity contribution in [3.63, 3.8) is 0 Å². The van der Waals surface area contributed by atoms with E-state index in [1.54, 1.807) is 0 Å². The van der Waals surface area contributed by atoms with Crippen LogP contribution in [0.4, 0.5) is 0 Å². The van der Waals surface area contributed by atoms with Gasteiger partial charge in [0.25, 0.3) is 0 Å². The highest BCUT2D eigenvalue weighted by molar-refractivity contribution is 4.99. The maximum Gasteiger partial charge on any atom is 0.233 e. The smallest absolute Gasteiger partial charge is 0.233 e. The van der Waals surface area contributed by atoms with E-state index in [1.165, 1.54) is 0 Å². The van der Waals surface area contributed by atoms with Gasteiger partial charge in [0, 0.05) is 5.92 Å².